The second kappa shape index (κ2) is 8.36. The Balaban J connectivity index is 2.27. The zero-order chi connectivity index (χ0) is 19.1. The quantitative estimate of drug-likeness (QED) is 0.600. The van der Waals surface area contributed by atoms with Gasteiger partial charge >= 0.3 is 0 Å². The fraction of sp³-hybridized carbons (Fsp3) is 0.222. The van der Waals surface area contributed by atoms with E-state index in [4.69, 9.17) is 9.47 Å². The lowest BCUT2D eigenvalue weighted by Crippen LogP contribution is -2.09. The summed E-state index contributed by atoms with van der Waals surface area (Å²) in [4.78, 5) is 10.8. The number of benzene rings is 2. The summed E-state index contributed by atoms with van der Waals surface area (Å²) in [6.45, 7) is 0.295. The van der Waals surface area contributed by atoms with Gasteiger partial charge in [-0.05, 0) is 24.6 Å². The van der Waals surface area contributed by atoms with Crippen LogP contribution in [0.15, 0.2) is 30.3 Å². The summed E-state index contributed by atoms with van der Waals surface area (Å²) in [5.41, 5.74) is 1.46. The van der Waals surface area contributed by atoms with Gasteiger partial charge in [-0.1, -0.05) is 6.07 Å². The van der Waals surface area contributed by atoms with E-state index in [1.807, 2.05) is 12.1 Å². The molecule has 0 aromatic heterocycles. The van der Waals surface area contributed by atoms with E-state index >= 15 is 0 Å². The maximum absolute atomic E-state index is 11.3. The van der Waals surface area contributed by atoms with Crippen LogP contribution in [0, 0.1) is 32.8 Å². The normalized spacial score (nSPS) is 9.69. The zero-order valence-corrected chi connectivity index (χ0v) is 14.3. The fourth-order valence-corrected chi connectivity index (χ4v) is 2.53. The van der Waals surface area contributed by atoms with E-state index in [1.54, 1.807) is 24.3 Å². The van der Waals surface area contributed by atoms with Gasteiger partial charge in [0.2, 0.25) is 0 Å². The molecule has 0 saturated heterocycles. The van der Waals surface area contributed by atoms with Crippen molar-refractivity contribution in [2.45, 2.75) is 6.42 Å². The summed E-state index contributed by atoms with van der Waals surface area (Å²) < 4.78 is 10.3. The smallest absolute Gasteiger partial charge is 0.276 e. The van der Waals surface area contributed by atoms with Gasteiger partial charge in [0.05, 0.1) is 42.0 Å². The molecule has 8 nitrogen and oxygen atoms in total. The van der Waals surface area contributed by atoms with Crippen LogP contribution in [0.1, 0.15) is 16.7 Å². The average Bonchev–Trinajstić information content (AvgIpc) is 2.67. The van der Waals surface area contributed by atoms with Crippen LogP contribution < -0.4 is 14.8 Å². The molecule has 0 amide bonds. The second-order valence-corrected chi connectivity index (χ2v) is 5.22. The number of ether oxygens (including phenoxy) is 2. The first-order valence-corrected chi connectivity index (χ1v) is 7.62. The van der Waals surface area contributed by atoms with Gasteiger partial charge in [-0.3, -0.25) is 10.1 Å². The number of hydrogen-bond acceptors (Lipinski definition) is 7. The lowest BCUT2D eigenvalue weighted by atomic mass is 10.1. The minimum atomic E-state index is -0.485. The highest BCUT2D eigenvalue weighted by Crippen LogP contribution is 2.34. The molecule has 0 saturated carbocycles. The van der Waals surface area contributed by atoms with Crippen LogP contribution in [0.3, 0.4) is 0 Å². The number of nitrogens with zero attached hydrogens (tertiary/aromatic N) is 3. The molecule has 0 aliphatic carbocycles. The molecule has 8 heteroatoms. The number of nitro benzene ring substituents is 1. The van der Waals surface area contributed by atoms with Crippen LogP contribution in [0.2, 0.25) is 0 Å². The van der Waals surface area contributed by atoms with Crippen LogP contribution >= 0.6 is 0 Å². The van der Waals surface area contributed by atoms with Gasteiger partial charge in [-0.2, -0.15) is 10.5 Å². The zero-order valence-electron chi connectivity index (χ0n) is 14.3. The number of nitrogens with one attached hydrogen (secondary N) is 1. The van der Waals surface area contributed by atoms with Crippen LogP contribution in [0.25, 0.3) is 0 Å². The molecule has 0 heterocycles. The van der Waals surface area contributed by atoms with E-state index in [0.29, 0.717) is 41.1 Å². The Kier molecular flexibility index (Phi) is 5.96. The number of para-hydroxylation sites is 1. The minimum Gasteiger partial charge on any atom is -0.493 e. The van der Waals surface area contributed by atoms with E-state index in [9.17, 15) is 20.6 Å². The Hall–Kier alpha value is -3.78. The van der Waals surface area contributed by atoms with E-state index in [0.717, 1.165) is 0 Å². The highest BCUT2D eigenvalue weighted by Gasteiger charge is 2.19. The molecule has 2 aromatic carbocycles. The third-order valence-electron chi connectivity index (χ3n) is 3.78. The van der Waals surface area contributed by atoms with Gasteiger partial charge in [0.15, 0.2) is 11.5 Å². The minimum absolute atomic E-state index is 0.0847. The van der Waals surface area contributed by atoms with Crippen molar-refractivity contribution in [3.8, 4) is 23.6 Å². The van der Waals surface area contributed by atoms with Crippen molar-refractivity contribution < 1.29 is 14.4 Å². The molecule has 0 bridgehead atoms. The molecular formula is C18H16N4O4. The van der Waals surface area contributed by atoms with Crippen molar-refractivity contribution in [1.82, 2.24) is 0 Å². The first-order valence-electron chi connectivity index (χ1n) is 7.62. The number of nitro groups is 1. The number of methoxy groups -OCH3 is 2. The SMILES string of the molecule is COc1cc(CCNc2c(C#N)cccc2C#N)c([N+](=O)[O-])cc1OC. The Bertz CT molecular complexity index is 880. The van der Waals surface area contributed by atoms with Crippen molar-refractivity contribution in [2.75, 3.05) is 26.1 Å². The number of rotatable bonds is 7. The van der Waals surface area contributed by atoms with Crippen LogP contribution in [-0.2, 0) is 6.42 Å². The third-order valence-corrected chi connectivity index (χ3v) is 3.78. The Morgan fingerprint density at radius 1 is 1.12 bits per heavy atom. The maximum Gasteiger partial charge on any atom is 0.276 e. The molecule has 0 radical (unpaired) electrons. The first kappa shape index (κ1) is 18.6. The predicted octanol–water partition coefficient (Wildman–Crippen LogP) is 3.01. The van der Waals surface area contributed by atoms with Gasteiger partial charge in [0.25, 0.3) is 5.69 Å². The van der Waals surface area contributed by atoms with Gasteiger partial charge in [0.1, 0.15) is 12.1 Å². The van der Waals surface area contributed by atoms with Crippen LogP contribution in [0.4, 0.5) is 11.4 Å². The van der Waals surface area contributed by atoms with E-state index < -0.39 is 4.92 Å². The molecule has 0 aliphatic heterocycles. The highest BCUT2D eigenvalue weighted by atomic mass is 16.6. The van der Waals surface area contributed by atoms with E-state index in [-0.39, 0.29) is 11.4 Å². The molecule has 132 valence electrons. The number of nitriles is 2. The molecule has 0 atom stereocenters. The summed E-state index contributed by atoms with van der Waals surface area (Å²) >= 11 is 0. The summed E-state index contributed by atoms with van der Waals surface area (Å²) in [5, 5.41) is 32.7. The fourth-order valence-electron chi connectivity index (χ4n) is 2.53. The molecule has 0 spiro atoms. The molecule has 2 aromatic rings. The summed E-state index contributed by atoms with van der Waals surface area (Å²) in [7, 11) is 2.86. The molecular weight excluding hydrogens is 336 g/mol. The van der Waals surface area contributed by atoms with Crippen molar-refractivity contribution >= 4 is 11.4 Å². The Morgan fingerprint density at radius 2 is 1.69 bits per heavy atom. The average molecular weight is 352 g/mol. The topological polar surface area (TPSA) is 121 Å². The van der Waals surface area contributed by atoms with Gasteiger partial charge < -0.3 is 14.8 Å². The van der Waals surface area contributed by atoms with Gasteiger partial charge in [-0.15, -0.1) is 0 Å². The first-order chi connectivity index (χ1) is 12.5. The number of hydrogen-bond donors (Lipinski definition) is 1. The van der Waals surface area contributed by atoms with Crippen molar-refractivity contribution in [1.29, 1.82) is 10.5 Å². The van der Waals surface area contributed by atoms with E-state index in [2.05, 4.69) is 5.32 Å². The number of anilines is 1. The molecule has 0 unspecified atom stereocenters. The standard InChI is InChI=1S/C18H16N4O4/c1-25-16-8-12(15(22(23)24)9-17(16)26-2)6-7-21-18-13(10-19)4-3-5-14(18)11-20/h3-5,8-9,21H,6-7H2,1-2H3. The van der Waals surface area contributed by atoms with Crippen molar-refractivity contribution in [3.05, 3.63) is 57.1 Å². The highest BCUT2D eigenvalue weighted by molar-refractivity contribution is 5.66. The predicted molar refractivity (Wildman–Crippen MR) is 94.3 cm³/mol. The molecule has 26 heavy (non-hydrogen) atoms. The monoisotopic (exact) mass is 352 g/mol. The summed E-state index contributed by atoms with van der Waals surface area (Å²) in [6.07, 6.45) is 0.293. The lowest BCUT2D eigenvalue weighted by Gasteiger charge is -2.12. The van der Waals surface area contributed by atoms with E-state index in [1.165, 1.54) is 20.3 Å². The van der Waals surface area contributed by atoms with Crippen LogP contribution in [-0.4, -0.2) is 25.7 Å². The van der Waals surface area contributed by atoms with Crippen LogP contribution in [0.5, 0.6) is 11.5 Å². The molecule has 2 rings (SSSR count). The molecule has 0 aliphatic rings. The second-order valence-electron chi connectivity index (χ2n) is 5.22. The maximum atomic E-state index is 11.3. The lowest BCUT2D eigenvalue weighted by molar-refractivity contribution is -0.385. The van der Waals surface area contributed by atoms with Gasteiger partial charge in [0, 0.05) is 12.1 Å². The Labute approximate surface area is 150 Å². The summed E-state index contributed by atoms with van der Waals surface area (Å²) in [6, 6.07) is 11.7. The van der Waals surface area contributed by atoms with Gasteiger partial charge in [-0.25, -0.2) is 0 Å². The van der Waals surface area contributed by atoms with Crippen molar-refractivity contribution in [2.24, 2.45) is 0 Å². The largest absolute Gasteiger partial charge is 0.493 e. The Morgan fingerprint density at radius 3 is 2.19 bits per heavy atom. The summed E-state index contributed by atoms with van der Waals surface area (Å²) in [5.74, 6) is 0.667. The third kappa shape index (κ3) is 3.82. The molecule has 1 N–H and O–H groups in total. The van der Waals surface area contributed by atoms with Crippen molar-refractivity contribution in [3.63, 3.8) is 0 Å². The molecule has 0 fully saturated rings.